The van der Waals surface area contributed by atoms with Crippen LogP contribution in [0.15, 0.2) is 42.5 Å². The first-order valence-electron chi connectivity index (χ1n) is 5.18. The summed E-state index contributed by atoms with van der Waals surface area (Å²) in [4.78, 5) is 0. The number of benzene rings is 2. The first-order valence-corrected chi connectivity index (χ1v) is 5.18. The lowest BCUT2D eigenvalue weighted by Crippen LogP contribution is -2.06. The normalized spacial score (nSPS) is 12.9. The molecule has 0 bridgehead atoms. The molecule has 3 N–H and O–H groups in total. The van der Waals surface area contributed by atoms with E-state index in [9.17, 15) is 5.11 Å². The molecule has 2 nitrogen and oxygen atoms in total. The van der Waals surface area contributed by atoms with E-state index in [-0.39, 0.29) is 0 Å². The van der Waals surface area contributed by atoms with Crippen molar-refractivity contribution in [1.29, 1.82) is 0 Å². The Kier molecular flexibility index (Phi) is 2.99. The van der Waals surface area contributed by atoms with Gasteiger partial charge in [-0.1, -0.05) is 42.5 Å². The van der Waals surface area contributed by atoms with Crippen LogP contribution in [0.25, 0.3) is 10.8 Å². The topological polar surface area (TPSA) is 46.2 Å². The van der Waals surface area contributed by atoms with Crippen molar-refractivity contribution < 1.29 is 5.11 Å². The van der Waals surface area contributed by atoms with Gasteiger partial charge in [0, 0.05) is 0 Å². The third-order valence-electron chi connectivity index (χ3n) is 2.62. The fourth-order valence-corrected chi connectivity index (χ4v) is 1.85. The summed E-state index contributed by atoms with van der Waals surface area (Å²) in [5.74, 6) is 0. The highest BCUT2D eigenvalue weighted by molar-refractivity contribution is 5.85. The smallest absolute Gasteiger partial charge is 0.0808 e. The molecule has 2 rings (SSSR count). The van der Waals surface area contributed by atoms with Gasteiger partial charge in [-0.3, -0.25) is 0 Å². The van der Waals surface area contributed by atoms with E-state index in [1.807, 2.05) is 42.5 Å². The Morgan fingerprint density at radius 3 is 2.60 bits per heavy atom. The molecule has 15 heavy (non-hydrogen) atoms. The average Bonchev–Trinajstić information content (AvgIpc) is 2.28. The molecule has 78 valence electrons. The van der Waals surface area contributed by atoms with Gasteiger partial charge in [0.05, 0.1) is 6.10 Å². The van der Waals surface area contributed by atoms with Gasteiger partial charge in [-0.05, 0) is 29.3 Å². The van der Waals surface area contributed by atoms with Crippen molar-refractivity contribution in [2.75, 3.05) is 6.54 Å². The highest BCUT2D eigenvalue weighted by Crippen LogP contribution is 2.25. The van der Waals surface area contributed by atoms with Gasteiger partial charge < -0.3 is 10.8 Å². The van der Waals surface area contributed by atoms with E-state index in [4.69, 9.17) is 5.73 Å². The van der Waals surface area contributed by atoms with Crippen LogP contribution in [0.2, 0.25) is 0 Å². The second-order valence-electron chi connectivity index (χ2n) is 3.66. The van der Waals surface area contributed by atoms with Crippen molar-refractivity contribution in [3.63, 3.8) is 0 Å². The summed E-state index contributed by atoms with van der Waals surface area (Å²) in [5.41, 5.74) is 6.42. The summed E-state index contributed by atoms with van der Waals surface area (Å²) in [6.07, 6.45) is 0.148. The van der Waals surface area contributed by atoms with E-state index in [1.54, 1.807) is 0 Å². The van der Waals surface area contributed by atoms with Crippen molar-refractivity contribution in [3.05, 3.63) is 48.0 Å². The molecular formula is C13H15NO. The van der Waals surface area contributed by atoms with Gasteiger partial charge in [0.15, 0.2) is 0 Å². The van der Waals surface area contributed by atoms with Crippen LogP contribution in [-0.2, 0) is 0 Å². The monoisotopic (exact) mass is 201 g/mol. The lowest BCUT2D eigenvalue weighted by molar-refractivity contribution is 0.172. The maximum absolute atomic E-state index is 9.94. The maximum atomic E-state index is 9.94. The van der Waals surface area contributed by atoms with Crippen molar-refractivity contribution in [2.45, 2.75) is 12.5 Å². The number of hydrogen-bond donors (Lipinski definition) is 2. The SMILES string of the molecule is NCCC(O)c1cccc2ccccc12. The average molecular weight is 201 g/mol. The summed E-state index contributed by atoms with van der Waals surface area (Å²) in [5, 5.41) is 12.2. The molecule has 1 unspecified atom stereocenters. The first-order chi connectivity index (χ1) is 7.33. The largest absolute Gasteiger partial charge is 0.388 e. The molecule has 1 atom stereocenters. The molecule has 2 heteroatoms. The first kappa shape index (κ1) is 10.1. The minimum atomic E-state index is -0.457. The Labute approximate surface area is 89.3 Å². The van der Waals surface area contributed by atoms with Crippen LogP contribution >= 0.6 is 0 Å². The van der Waals surface area contributed by atoms with Crippen LogP contribution < -0.4 is 5.73 Å². The van der Waals surface area contributed by atoms with Gasteiger partial charge >= 0.3 is 0 Å². The van der Waals surface area contributed by atoms with E-state index in [0.29, 0.717) is 13.0 Å². The van der Waals surface area contributed by atoms with Crippen LogP contribution in [0.4, 0.5) is 0 Å². The standard InChI is InChI=1S/C13H15NO/c14-9-8-13(15)12-7-3-5-10-4-1-2-6-11(10)12/h1-7,13,15H,8-9,14H2. The molecule has 0 aliphatic heterocycles. The Morgan fingerprint density at radius 1 is 1.07 bits per heavy atom. The molecule has 0 aromatic heterocycles. The number of hydrogen-bond acceptors (Lipinski definition) is 2. The summed E-state index contributed by atoms with van der Waals surface area (Å²) in [6.45, 7) is 0.504. The van der Waals surface area contributed by atoms with E-state index in [1.165, 1.54) is 0 Å². The Hall–Kier alpha value is -1.38. The van der Waals surface area contributed by atoms with Gasteiger partial charge in [-0.25, -0.2) is 0 Å². The van der Waals surface area contributed by atoms with E-state index >= 15 is 0 Å². The lowest BCUT2D eigenvalue weighted by atomic mass is 9.99. The molecule has 0 radical (unpaired) electrons. The second kappa shape index (κ2) is 4.43. The van der Waals surface area contributed by atoms with Crippen LogP contribution in [0.5, 0.6) is 0 Å². The van der Waals surface area contributed by atoms with E-state index in [0.717, 1.165) is 16.3 Å². The molecule has 0 spiro atoms. The molecule has 2 aromatic rings. The molecular weight excluding hydrogens is 186 g/mol. The quantitative estimate of drug-likeness (QED) is 0.799. The maximum Gasteiger partial charge on any atom is 0.0808 e. The number of rotatable bonds is 3. The molecule has 0 saturated carbocycles. The fourth-order valence-electron chi connectivity index (χ4n) is 1.85. The molecule has 0 saturated heterocycles. The minimum absolute atomic E-state index is 0.457. The molecule has 0 heterocycles. The molecule has 2 aromatic carbocycles. The third kappa shape index (κ3) is 2.01. The highest BCUT2D eigenvalue weighted by atomic mass is 16.3. The van der Waals surface area contributed by atoms with Gasteiger partial charge in [0.1, 0.15) is 0 Å². The van der Waals surface area contributed by atoms with Crippen molar-refractivity contribution in [3.8, 4) is 0 Å². The van der Waals surface area contributed by atoms with Crippen molar-refractivity contribution in [2.24, 2.45) is 5.73 Å². The number of aliphatic hydroxyl groups is 1. The predicted octanol–water partition coefficient (Wildman–Crippen LogP) is 2.22. The number of aliphatic hydroxyl groups excluding tert-OH is 1. The Bertz CT molecular complexity index is 448. The zero-order valence-corrected chi connectivity index (χ0v) is 8.56. The van der Waals surface area contributed by atoms with Gasteiger partial charge in [0.25, 0.3) is 0 Å². The van der Waals surface area contributed by atoms with E-state index in [2.05, 4.69) is 0 Å². The van der Waals surface area contributed by atoms with Gasteiger partial charge in [-0.2, -0.15) is 0 Å². The van der Waals surface area contributed by atoms with Crippen LogP contribution in [0, 0.1) is 0 Å². The molecule has 0 aliphatic carbocycles. The Balaban J connectivity index is 2.50. The molecule has 0 amide bonds. The minimum Gasteiger partial charge on any atom is -0.388 e. The summed E-state index contributed by atoms with van der Waals surface area (Å²) in [6, 6.07) is 14.1. The Morgan fingerprint density at radius 2 is 1.80 bits per heavy atom. The molecule has 0 aliphatic rings. The fraction of sp³-hybridized carbons (Fsp3) is 0.231. The number of fused-ring (bicyclic) bond motifs is 1. The van der Waals surface area contributed by atoms with Crippen molar-refractivity contribution >= 4 is 10.8 Å². The second-order valence-corrected chi connectivity index (χ2v) is 3.66. The summed E-state index contributed by atoms with van der Waals surface area (Å²) < 4.78 is 0. The van der Waals surface area contributed by atoms with Crippen LogP contribution in [-0.4, -0.2) is 11.7 Å². The lowest BCUT2D eigenvalue weighted by Gasteiger charge is -2.12. The zero-order chi connectivity index (χ0) is 10.7. The number of nitrogens with two attached hydrogens (primary N) is 1. The van der Waals surface area contributed by atoms with Gasteiger partial charge in [0.2, 0.25) is 0 Å². The van der Waals surface area contributed by atoms with Crippen LogP contribution in [0.1, 0.15) is 18.1 Å². The molecule has 0 fully saturated rings. The predicted molar refractivity (Wildman–Crippen MR) is 62.6 cm³/mol. The highest BCUT2D eigenvalue weighted by Gasteiger charge is 2.09. The third-order valence-corrected chi connectivity index (χ3v) is 2.62. The van der Waals surface area contributed by atoms with Crippen molar-refractivity contribution in [1.82, 2.24) is 0 Å². The van der Waals surface area contributed by atoms with E-state index < -0.39 is 6.10 Å². The summed E-state index contributed by atoms with van der Waals surface area (Å²) in [7, 11) is 0. The van der Waals surface area contributed by atoms with Crippen LogP contribution in [0.3, 0.4) is 0 Å². The zero-order valence-electron chi connectivity index (χ0n) is 8.56. The summed E-state index contributed by atoms with van der Waals surface area (Å²) >= 11 is 0. The van der Waals surface area contributed by atoms with Gasteiger partial charge in [-0.15, -0.1) is 0 Å².